The van der Waals surface area contributed by atoms with Gasteiger partial charge in [-0.05, 0) is 30.3 Å². The van der Waals surface area contributed by atoms with Crippen LogP contribution in [0.25, 0.3) is 27.6 Å². The summed E-state index contributed by atoms with van der Waals surface area (Å²) in [7, 11) is 0. The van der Waals surface area contributed by atoms with Crippen molar-refractivity contribution in [3.05, 3.63) is 67.1 Å². The predicted molar refractivity (Wildman–Crippen MR) is 76.4 cm³/mol. The maximum absolute atomic E-state index is 4.52. The minimum absolute atomic E-state index is 1.04. The zero-order valence-electron chi connectivity index (χ0n) is 10.2. The third-order valence-corrected chi connectivity index (χ3v) is 3.35. The van der Waals surface area contributed by atoms with E-state index in [2.05, 4.69) is 38.8 Å². The first-order valence-corrected chi connectivity index (χ1v) is 6.20. The highest BCUT2D eigenvalue weighted by molar-refractivity contribution is 6.06. The molecule has 3 heteroatoms. The summed E-state index contributed by atoms with van der Waals surface area (Å²) in [5, 5.41) is 1.18. The van der Waals surface area contributed by atoms with Gasteiger partial charge in [0.2, 0.25) is 0 Å². The minimum atomic E-state index is 1.04. The van der Waals surface area contributed by atoms with E-state index in [1.165, 1.54) is 10.9 Å². The summed E-state index contributed by atoms with van der Waals surface area (Å²) in [4.78, 5) is 8.61. The summed E-state index contributed by atoms with van der Waals surface area (Å²) in [6.07, 6.45) is 5.46. The molecule has 0 unspecified atom stereocenters. The Labute approximate surface area is 110 Å². The summed E-state index contributed by atoms with van der Waals surface area (Å²) < 4.78 is 2.22. The van der Waals surface area contributed by atoms with Gasteiger partial charge in [-0.25, -0.2) is 0 Å². The molecule has 0 atom stereocenters. The molecule has 0 N–H and O–H groups in total. The van der Waals surface area contributed by atoms with Crippen molar-refractivity contribution in [3.63, 3.8) is 0 Å². The van der Waals surface area contributed by atoms with Crippen molar-refractivity contribution < 1.29 is 0 Å². The molecule has 0 spiro atoms. The van der Waals surface area contributed by atoms with Crippen LogP contribution in [0, 0.1) is 0 Å². The van der Waals surface area contributed by atoms with Gasteiger partial charge in [0.1, 0.15) is 0 Å². The smallest absolute Gasteiger partial charge is 0.0963 e. The molecule has 0 aliphatic rings. The predicted octanol–water partition coefficient (Wildman–Crippen LogP) is 3.57. The van der Waals surface area contributed by atoms with Crippen LogP contribution < -0.4 is 0 Å². The van der Waals surface area contributed by atoms with Gasteiger partial charge in [-0.3, -0.25) is 9.97 Å². The monoisotopic (exact) mass is 245 g/mol. The van der Waals surface area contributed by atoms with Crippen molar-refractivity contribution in [1.29, 1.82) is 0 Å². The summed E-state index contributed by atoms with van der Waals surface area (Å²) >= 11 is 0. The number of pyridine rings is 2. The molecule has 19 heavy (non-hydrogen) atoms. The van der Waals surface area contributed by atoms with E-state index in [1.807, 2.05) is 42.9 Å². The molecule has 0 bridgehead atoms. The zero-order chi connectivity index (χ0) is 12.7. The maximum Gasteiger partial charge on any atom is 0.0963 e. The van der Waals surface area contributed by atoms with Gasteiger partial charge in [0.25, 0.3) is 0 Å². The first-order valence-electron chi connectivity index (χ1n) is 6.20. The number of fused-ring (bicyclic) bond motifs is 3. The Morgan fingerprint density at radius 3 is 2.42 bits per heavy atom. The van der Waals surface area contributed by atoms with Crippen LogP contribution in [-0.4, -0.2) is 14.5 Å². The molecule has 3 nitrogen and oxygen atoms in total. The first kappa shape index (κ1) is 10.3. The fourth-order valence-corrected chi connectivity index (χ4v) is 2.55. The third-order valence-electron chi connectivity index (χ3n) is 3.35. The molecule has 0 aliphatic heterocycles. The molecule has 0 saturated heterocycles. The summed E-state index contributed by atoms with van der Waals surface area (Å²) in [5.74, 6) is 0. The van der Waals surface area contributed by atoms with Crippen LogP contribution in [0.3, 0.4) is 0 Å². The van der Waals surface area contributed by atoms with Gasteiger partial charge in [-0.1, -0.05) is 18.2 Å². The highest BCUT2D eigenvalue weighted by Gasteiger charge is 2.11. The van der Waals surface area contributed by atoms with Crippen molar-refractivity contribution >= 4 is 21.9 Å². The van der Waals surface area contributed by atoms with Gasteiger partial charge >= 0.3 is 0 Å². The van der Waals surface area contributed by atoms with E-state index >= 15 is 0 Å². The van der Waals surface area contributed by atoms with E-state index < -0.39 is 0 Å². The second-order valence-corrected chi connectivity index (χ2v) is 4.43. The van der Waals surface area contributed by atoms with Gasteiger partial charge < -0.3 is 4.57 Å². The molecule has 0 saturated carbocycles. The summed E-state index contributed by atoms with van der Waals surface area (Å²) in [6, 6.07) is 16.4. The second-order valence-electron chi connectivity index (χ2n) is 4.43. The van der Waals surface area contributed by atoms with Crippen LogP contribution in [0.15, 0.2) is 67.1 Å². The van der Waals surface area contributed by atoms with Crippen molar-refractivity contribution in [2.24, 2.45) is 0 Å². The lowest BCUT2D eigenvalue weighted by Gasteiger charge is -2.06. The SMILES string of the molecule is c1ccc2c(c1)c1ncccc1n2-c1ccncc1. The summed E-state index contributed by atoms with van der Waals surface area (Å²) in [5.41, 5.74) is 4.43. The molecule has 0 amide bonds. The van der Waals surface area contributed by atoms with Crippen LogP contribution in [0.5, 0.6) is 0 Å². The lowest BCUT2D eigenvalue weighted by Crippen LogP contribution is -1.93. The number of nitrogens with zero attached hydrogens (tertiary/aromatic N) is 3. The van der Waals surface area contributed by atoms with Crippen molar-refractivity contribution in [1.82, 2.24) is 14.5 Å². The van der Waals surface area contributed by atoms with Gasteiger partial charge in [0.15, 0.2) is 0 Å². The molecule has 0 aliphatic carbocycles. The highest BCUT2D eigenvalue weighted by atomic mass is 15.0. The van der Waals surface area contributed by atoms with Crippen LogP contribution in [0.4, 0.5) is 0 Å². The Bertz CT molecular complexity index is 810. The van der Waals surface area contributed by atoms with E-state index in [-0.39, 0.29) is 0 Å². The standard InChI is InChI=1S/C16H11N3/c1-2-5-14-13(4-1)16-15(6-3-9-18-16)19(14)12-7-10-17-11-8-12/h1-11H. The van der Waals surface area contributed by atoms with Crippen LogP contribution in [-0.2, 0) is 0 Å². The Morgan fingerprint density at radius 2 is 1.53 bits per heavy atom. The minimum Gasteiger partial charge on any atom is -0.308 e. The van der Waals surface area contributed by atoms with Crippen LogP contribution in [0.1, 0.15) is 0 Å². The fraction of sp³-hybridized carbons (Fsp3) is 0. The van der Waals surface area contributed by atoms with Crippen LogP contribution >= 0.6 is 0 Å². The van der Waals surface area contributed by atoms with Crippen molar-refractivity contribution in [2.75, 3.05) is 0 Å². The Hall–Kier alpha value is -2.68. The molecule has 0 radical (unpaired) electrons. The molecule has 4 aromatic rings. The van der Waals surface area contributed by atoms with Crippen LogP contribution in [0.2, 0.25) is 0 Å². The Balaban J connectivity index is 2.24. The fourth-order valence-electron chi connectivity index (χ4n) is 2.55. The normalized spacial score (nSPS) is 11.2. The molecule has 4 rings (SSSR count). The molecular weight excluding hydrogens is 234 g/mol. The number of hydrogen-bond donors (Lipinski definition) is 0. The first-order chi connectivity index (χ1) is 9.45. The van der Waals surface area contributed by atoms with E-state index in [1.54, 1.807) is 0 Å². The van der Waals surface area contributed by atoms with E-state index in [4.69, 9.17) is 0 Å². The molecule has 1 aromatic carbocycles. The molecule has 0 fully saturated rings. The molecular formula is C16H11N3. The van der Waals surface area contributed by atoms with E-state index in [0.717, 1.165) is 16.7 Å². The number of aromatic nitrogens is 3. The molecule has 3 heterocycles. The van der Waals surface area contributed by atoms with E-state index in [0.29, 0.717) is 0 Å². The van der Waals surface area contributed by atoms with Gasteiger partial charge in [0, 0.05) is 29.7 Å². The highest BCUT2D eigenvalue weighted by Crippen LogP contribution is 2.29. The molecule has 3 aromatic heterocycles. The second kappa shape index (κ2) is 3.92. The lowest BCUT2D eigenvalue weighted by molar-refractivity contribution is 1.15. The Kier molecular flexibility index (Phi) is 2.12. The topological polar surface area (TPSA) is 30.7 Å². The molecule has 90 valence electrons. The summed E-state index contributed by atoms with van der Waals surface area (Å²) in [6.45, 7) is 0. The largest absolute Gasteiger partial charge is 0.308 e. The number of hydrogen-bond acceptors (Lipinski definition) is 2. The van der Waals surface area contributed by atoms with Crippen molar-refractivity contribution in [3.8, 4) is 5.69 Å². The van der Waals surface area contributed by atoms with Gasteiger partial charge in [-0.2, -0.15) is 0 Å². The number of para-hydroxylation sites is 1. The van der Waals surface area contributed by atoms with E-state index in [9.17, 15) is 0 Å². The average Bonchev–Trinajstić information content (AvgIpc) is 2.83. The quantitative estimate of drug-likeness (QED) is 0.513. The zero-order valence-corrected chi connectivity index (χ0v) is 10.2. The Morgan fingerprint density at radius 1 is 0.737 bits per heavy atom. The third kappa shape index (κ3) is 1.45. The van der Waals surface area contributed by atoms with Gasteiger partial charge in [0.05, 0.1) is 16.6 Å². The maximum atomic E-state index is 4.52. The van der Waals surface area contributed by atoms with Gasteiger partial charge in [-0.15, -0.1) is 0 Å². The average molecular weight is 245 g/mol. The van der Waals surface area contributed by atoms with Crippen molar-refractivity contribution in [2.45, 2.75) is 0 Å². The number of rotatable bonds is 1. The number of benzene rings is 1. The lowest BCUT2D eigenvalue weighted by atomic mass is 10.2.